The minimum Gasteiger partial charge on any atom is -0.383 e. The molecule has 8 heteroatoms. The summed E-state index contributed by atoms with van der Waals surface area (Å²) in [6.45, 7) is 4.22. The van der Waals surface area contributed by atoms with E-state index in [2.05, 4.69) is 21.5 Å². The van der Waals surface area contributed by atoms with E-state index in [0.717, 1.165) is 0 Å². The predicted molar refractivity (Wildman–Crippen MR) is 82.9 cm³/mol. The molecule has 0 fully saturated rings. The number of ether oxygens (including phenoxy) is 1. The molecule has 1 aromatic heterocycles. The van der Waals surface area contributed by atoms with Gasteiger partial charge in [-0.15, -0.1) is 0 Å². The topological polar surface area (TPSA) is 74.7 Å². The summed E-state index contributed by atoms with van der Waals surface area (Å²) in [5.41, 5.74) is 0. The summed E-state index contributed by atoms with van der Waals surface area (Å²) in [6, 6.07) is 0. The Morgan fingerprint density at radius 2 is 1.57 bits per heavy atom. The molecule has 0 aliphatic carbocycles. The summed E-state index contributed by atoms with van der Waals surface area (Å²) in [6.07, 6.45) is 1.23. The third-order valence-electron chi connectivity index (χ3n) is 2.60. The van der Waals surface area contributed by atoms with Crippen molar-refractivity contribution >= 4 is 23.8 Å². The molecule has 0 aliphatic heterocycles. The van der Waals surface area contributed by atoms with Crippen molar-refractivity contribution in [3.8, 4) is 0 Å². The van der Waals surface area contributed by atoms with Crippen LogP contribution in [0.1, 0.15) is 0 Å². The molecule has 0 spiro atoms. The number of carbonyl (C=O) groups is 1. The molecule has 116 valence electrons. The third-order valence-corrected chi connectivity index (χ3v) is 2.60. The molecule has 0 N–H and O–H groups in total. The SMILES string of the molecule is C=CC(=O)N(CCOC)c1nc(N(C)C)nc(N(C)C)n1. The van der Waals surface area contributed by atoms with Gasteiger partial charge < -0.3 is 14.5 Å². The average Bonchev–Trinajstić information content (AvgIpc) is 2.46. The monoisotopic (exact) mass is 294 g/mol. The molecule has 0 radical (unpaired) electrons. The third kappa shape index (κ3) is 4.38. The zero-order valence-electron chi connectivity index (χ0n) is 13.2. The number of methoxy groups -OCH3 is 1. The zero-order chi connectivity index (χ0) is 16.0. The van der Waals surface area contributed by atoms with Crippen LogP contribution in [0.3, 0.4) is 0 Å². The number of nitrogens with zero attached hydrogens (tertiary/aromatic N) is 6. The maximum Gasteiger partial charge on any atom is 0.252 e. The number of carbonyl (C=O) groups excluding carboxylic acids is 1. The second-order valence-electron chi connectivity index (χ2n) is 4.71. The second kappa shape index (κ2) is 7.53. The molecule has 0 saturated heterocycles. The van der Waals surface area contributed by atoms with Gasteiger partial charge in [0.2, 0.25) is 17.8 Å². The molecule has 0 atom stereocenters. The van der Waals surface area contributed by atoms with Gasteiger partial charge in [0.1, 0.15) is 0 Å². The summed E-state index contributed by atoms with van der Waals surface area (Å²) in [5, 5.41) is 0. The molecule has 21 heavy (non-hydrogen) atoms. The van der Waals surface area contributed by atoms with Gasteiger partial charge in [-0.25, -0.2) is 0 Å². The van der Waals surface area contributed by atoms with Crippen LogP contribution in [0.4, 0.5) is 17.8 Å². The number of aromatic nitrogens is 3. The first-order valence-corrected chi connectivity index (χ1v) is 6.44. The Labute approximate surface area is 125 Å². The number of amides is 1. The summed E-state index contributed by atoms with van der Waals surface area (Å²) < 4.78 is 5.02. The van der Waals surface area contributed by atoms with Gasteiger partial charge in [-0.2, -0.15) is 15.0 Å². The molecule has 1 heterocycles. The smallest absolute Gasteiger partial charge is 0.252 e. The molecule has 0 aromatic carbocycles. The van der Waals surface area contributed by atoms with E-state index in [9.17, 15) is 4.79 Å². The number of hydrogen-bond acceptors (Lipinski definition) is 7. The Bertz CT molecular complexity index is 477. The molecule has 1 amide bonds. The van der Waals surface area contributed by atoms with E-state index in [1.807, 2.05) is 28.2 Å². The van der Waals surface area contributed by atoms with E-state index in [1.165, 1.54) is 11.0 Å². The lowest BCUT2D eigenvalue weighted by Gasteiger charge is -2.22. The van der Waals surface area contributed by atoms with Crippen molar-refractivity contribution in [3.63, 3.8) is 0 Å². The molecular weight excluding hydrogens is 272 g/mol. The van der Waals surface area contributed by atoms with Crippen LogP contribution in [-0.4, -0.2) is 69.3 Å². The normalized spacial score (nSPS) is 10.1. The minimum absolute atomic E-state index is 0.277. The largest absolute Gasteiger partial charge is 0.383 e. The lowest BCUT2D eigenvalue weighted by molar-refractivity contribution is -0.114. The molecule has 0 aliphatic rings. The fourth-order valence-electron chi connectivity index (χ4n) is 1.47. The van der Waals surface area contributed by atoms with Crippen LogP contribution in [0.2, 0.25) is 0 Å². The second-order valence-corrected chi connectivity index (χ2v) is 4.71. The summed E-state index contributed by atoms with van der Waals surface area (Å²) in [7, 11) is 8.88. The summed E-state index contributed by atoms with van der Waals surface area (Å²) in [5.74, 6) is 0.943. The van der Waals surface area contributed by atoms with Gasteiger partial charge in [-0.05, 0) is 6.08 Å². The highest BCUT2D eigenvalue weighted by Gasteiger charge is 2.19. The predicted octanol–water partition coefficient (Wildman–Crippen LogP) is 0.169. The van der Waals surface area contributed by atoms with Crippen LogP contribution in [0.5, 0.6) is 0 Å². The molecular formula is C13H22N6O2. The van der Waals surface area contributed by atoms with E-state index in [-0.39, 0.29) is 11.9 Å². The quantitative estimate of drug-likeness (QED) is 0.663. The lowest BCUT2D eigenvalue weighted by atomic mass is 10.4. The first-order valence-electron chi connectivity index (χ1n) is 6.44. The lowest BCUT2D eigenvalue weighted by Crippen LogP contribution is -2.35. The highest BCUT2D eigenvalue weighted by Crippen LogP contribution is 2.17. The highest BCUT2D eigenvalue weighted by molar-refractivity contribution is 5.99. The van der Waals surface area contributed by atoms with E-state index < -0.39 is 0 Å². The van der Waals surface area contributed by atoms with Crippen LogP contribution in [0.25, 0.3) is 0 Å². The number of rotatable bonds is 7. The van der Waals surface area contributed by atoms with Crippen LogP contribution >= 0.6 is 0 Å². The molecule has 0 unspecified atom stereocenters. The summed E-state index contributed by atoms with van der Waals surface area (Å²) >= 11 is 0. The Kier molecular flexibility index (Phi) is 6.04. The number of anilines is 3. The van der Waals surface area contributed by atoms with Gasteiger partial charge in [0.05, 0.1) is 13.2 Å². The fraction of sp³-hybridized carbons (Fsp3) is 0.538. The maximum absolute atomic E-state index is 12.0. The average molecular weight is 294 g/mol. The van der Waals surface area contributed by atoms with Crippen LogP contribution in [-0.2, 0) is 9.53 Å². The van der Waals surface area contributed by atoms with E-state index in [0.29, 0.717) is 25.0 Å². The van der Waals surface area contributed by atoms with Gasteiger partial charge in [0.15, 0.2) is 0 Å². The first kappa shape index (κ1) is 16.8. The van der Waals surface area contributed by atoms with Crippen molar-refractivity contribution in [3.05, 3.63) is 12.7 Å². The van der Waals surface area contributed by atoms with Crippen molar-refractivity contribution in [1.82, 2.24) is 15.0 Å². The van der Waals surface area contributed by atoms with Crippen molar-refractivity contribution in [1.29, 1.82) is 0 Å². The Morgan fingerprint density at radius 3 is 1.95 bits per heavy atom. The van der Waals surface area contributed by atoms with Gasteiger partial charge in [0, 0.05) is 35.3 Å². The molecule has 0 saturated carbocycles. The maximum atomic E-state index is 12.0. The van der Waals surface area contributed by atoms with E-state index in [4.69, 9.17) is 4.74 Å². The zero-order valence-corrected chi connectivity index (χ0v) is 13.2. The number of hydrogen-bond donors (Lipinski definition) is 0. The van der Waals surface area contributed by atoms with Crippen LogP contribution in [0, 0.1) is 0 Å². The minimum atomic E-state index is -0.285. The molecule has 0 bridgehead atoms. The fourth-order valence-corrected chi connectivity index (χ4v) is 1.47. The first-order chi connectivity index (χ1) is 9.90. The van der Waals surface area contributed by atoms with E-state index in [1.54, 1.807) is 16.9 Å². The molecule has 8 nitrogen and oxygen atoms in total. The van der Waals surface area contributed by atoms with Crippen LogP contribution < -0.4 is 14.7 Å². The van der Waals surface area contributed by atoms with Gasteiger partial charge in [0.25, 0.3) is 5.91 Å². The Morgan fingerprint density at radius 1 is 1.10 bits per heavy atom. The van der Waals surface area contributed by atoms with Gasteiger partial charge in [-0.3, -0.25) is 9.69 Å². The summed E-state index contributed by atoms with van der Waals surface area (Å²) in [4.78, 5) is 29.9. The van der Waals surface area contributed by atoms with Gasteiger partial charge >= 0.3 is 0 Å². The Balaban J connectivity index is 3.27. The molecule has 1 rings (SSSR count). The van der Waals surface area contributed by atoms with Crippen molar-refractivity contribution in [2.75, 3.05) is 63.2 Å². The van der Waals surface area contributed by atoms with Gasteiger partial charge in [-0.1, -0.05) is 6.58 Å². The van der Waals surface area contributed by atoms with Crippen molar-refractivity contribution in [2.45, 2.75) is 0 Å². The molecule has 1 aromatic rings. The van der Waals surface area contributed by atoms with E-state index >= 15 is 0 Å². The highest BCUT2D eigenvalue weighted by atomic mass is 16.5. The van der Waals surface area contributed by atoms with Crippen molar-refractivity contribution in [2.24, 2.45) is 0 Å². The van der Waals surface area contributed by atoms with Crippen molar-refractivity contribution < 1.29 is 9.53 Å². The standard InChI is InChI=1S/C13H22N6O2/c1-7-10(20)19(8-9-21-6)13-15-11(17(2)3)14-12(16-13)18(4)5/h7H,1,8-9H2,2-6H3. The van der Waals surface area contributed by atoms with Crippen LogP contribution in [0.15, 0.2) is 12.7 Å². The Hall–Kier alpha value is -2.22.